The first-order chi connectivity index (χ1) is 11.9. The van der Waals surface area contributed by atoms with Gasteiger partial charge in [-0.3, -0.25) is 4.68 Å². The maximum atomic E-state index is 13.0. The van der Waals surface area contributed by atoms with E-state index in [0.29, 0.717) is 17.6 Å². The molecule has 0 radical (unpaired) electrons. The van der Waals surface area contributed by atoms with E-state index in [2.05, 4.69) is 15.1 Å². The number of aryl methyl sites for hydroxylation is 1. The molecular formula is C15H17N5O4S. The molecule has 25 heavy (non-hydrogen) atoms. The first kappa shape index (κ1) is 16.1. The summed E-state index contributed by atoms with van der Waals surface area (Å²) in [6, 6.07) is 4.55. The van der Waals surface area contributed by atoms with Gasteiger partial charge in [0.2, 0.25) is 10.0 Å². The van der Waals surface area contributed by atoms with Crippen LogP contribution in [0.2, 0.25) is 0 Å². The SMILES string of the molecule is Cn1cc([C@@H]2CN(S(=O)(=O)c3ccc4[nH]c(=O)[nH]c4c3)CCO2)cn1. The lowest BCUT2D eigenvalue weighted by molar-refractivity contribution is -0.00259. The molecule has 1 aliphatic heterocycles. The van der Waals surface area contributed by atoms with Gasteiger partial charge in [-0.1, -0.05) is 0 Å². The topological polar surface area (TPSA) is 113 Å². The number of aromatic amines is 2. The van der Waals surface area contributed by atoms with E-state index in [1.54, 1.807) is 24.0 Å². The van der Waals surface area contributed by atoms with Gasteiger partial charge >= 0.3 is 5.69 Å². The summed E-state index contributed by atoms with van der Waals surface area (Å²) < 4.78 is 34.7. The normalized spacial score (nSPS) is 19.5. The highest BCUT2D eigenvalue weighted by molar-refractivity contribution is 7.89. The molecule has 3 heterocycles. The van der Waals surface area contributed by atoms with Gasteiger partial charge in [-0.05, 0) is 18.2 Å². The summed E-state index contributed by atoms with van der Waals surface area (Å²) in [5.41, 5.74) is 1.50. The van der Waals surface area contributed by atoms with Crippen molar-refractivity contribution in [2.24, 2.45) is 7.05 Å². The number of nitrogens with zero attached hydrogens (tertiary/aromatic N) is 3. The predicted octanol–water partition coefficient (Wildman–Crippen LogP) is 0.352. The molecular weight excluding hydrogens is 346 g/mol. The molecule has 1 saturated heterocycles. The summed E-state index contributed by atoms with van der Waals surface area (Å²) >= 11 is 0. The zero-order valence-electron chi connectivity index (χ0n) is 13.5. The molecule has 2 N–H and O–H groups in total. The third-order valence-electron chi connectivity index (χ3n) is 4.25. The standard InChI is InChI=1S/C15H17N5O4S/c1-19-8-10(7-16-19)14-9-20(4-5-24-14)25(22,23)11-2-3-12-13(6-11)18-15(21)17-12/h2-3,6-8,14H,4-5,9H2,1H3,(H2,17,18,21)/t14-/m0/s1. The Labute approximate surface area is 143 Å². The summed E-state index contributed by atoms with van der Waals surface area (Å²) in [5, 5.41) is 4.11. The molecule has 1 aliphatic rings. The van der Waals surface area contributed by atoms with Crippen LogP contribution < -0.4 is 5.69 Å². The molecule has 132 valence electrons. The monoisotopic (exact) mass is 363 g/mol. The fraction of sp³-hybridized carbons (Fsp3) is 0.333. The van der Waals surface area contributed by atoms with Crippen LogP contribution in [0.3, 0.4) is 0 Å². The molecule has 0 amide bonds. The van der Waals surface area contributed by atoms with Crippen LogP contribution in [-0.2, 0) is 21.8 Å². The van der Waals surface area contributed by atoms with Crippen LogP contribution in [0, 0.1) is 0 Å². The first-order valence-electron chi connectivity index (χ1n) is 7.76. The second-order valence-electron chi connectivity index (χ2n) is 5.96. The van der Waals surface area contributed by atoms with Crippen molar-refractivity contribution in [2.75, 3.05) is 19.7 Å². The average Bonchev–Trinajstić information content (AvgIpc) is 3.18. The van der Waals surface area contributed by atoms with Crippen LogP contribution >= 0.6 is 0 Å². The van der Waals surface area contributed by atoms with Crippen molar-refractivity contribution < 1.29 is 13.2 Å². The zero-order valence-corrected chi connectivity index (χ0v) is 14.3. The largest absolute Gasteiger partial charge is 0.371 e. The van der Waals surface area contributed by atoms with Gasteiger partial charge in [0.05, 0.1) is 34.8 Å². The van der Waals surface area contributed by atoms with Crippen LogP contribution in [0.4, 0.5) is 0 Å². The smallest absolute Gasteiger partial charge is 0.323 e. The minimum absolute atomic E-state index is 0.141. The van der Waals surface area contributed by atoms with Crippen molar-refractivity contribution >= 4 is 21.1 Å². The van der Waals surface area contributed by atoms with Crippen molar-refractivity contribution in [1.82, 2.24) is 24.1 Å². The van der Waals surface area contributed by atoms with Crippen molar-refractivity contribution in [3.63, 3.8) is 0 Å². The molecule has 2 aromatic heterocycles. The van der Waals surface area contributed by atoms with E-state index in [1.807, 2.05) is 6.20 Å². The van der Waals surface area contributed by atoms with Gasteiger partial charge in [-0.15, -0.1) is 0 Å². The number of morpholine rings is 1. The summed E-state index contributed by atoms with van der Waals surface area (Å²) in [7, 11) is -1.89. The van der Waals surface area contributed by atoms with E-state index in [4.69, 9.17) is 4.74 Å². The minimum atomic E-state index is -3.69. The quantitative estimate of drug-likeness (QED) is 0.697. The summed E-state index contributed by atoms with van der Waals surface area (Å²) in [5.74, 6) is 0. The Bertz CT molecular complexity index is 1080. The van der Waals surface area contributed by atoms with E-state index >= 15 is 0 Å². The average molecular weight is 363 g/mol. The van der Waals surface area contributed by atoms with Crippen LogP contribution in [0.25, 0.3) is 11.0 Å². The lowest BCUT2D eigenvalue weighted by Crippen LogP contribution is -2.42. The maximum absolute atomic E-state index is 13.0. The highest BCUT2D eigenvalue weighted by Crippen LogP contribution is 2.27. The van der Waals surface area contributed by atoms with Crippen LogP contribution in [-0.4, -0.2) is 52.2 Å². The van der Waals surface area contributed by atoms with E-state index < -0.39 is 10.0 Å². The van der Waals surface area contributed by atoms with Crippen molar-refractivity contribution in [3.8, 4) is 0 Å². The summed E-state index contributed by atoms with van der Waals surface area (Å²) in [6.45, 7) is 0.804. The van der Waals surface area contributed by atoms with Gasteiger partial charge in [-0.2, -0.15) is 9.40 Å². The number of hydrogen-bond acceptors (Lipinski definition) is 5. The minimum Gasteiger partial charge on any atom is -0.371 e. The van der Waals surface area contributed by atoms with E-state index in [9.17, 15) is 13.2 Å². The molecule has 4 rings (SSSR count). The molecule has 0 spiro atoms. The number of rotatable bonds is 3. The Hall–Kier alpha value is -2.43. The van der Waals surface area contributed by atoms with Gasteiger partial charge in [0.1, 0.15) is 0 Å². The highest BCUT2D eigenvalue weighted by atomic mass is 32.2. The summed E-state index contributed by atoms with van der Waals surface area (Å²) in [6.07, 6.45) is 3.14. The molecule has 9 nitrogen and oxygen atoms in total. The number of sulfonamides is 1. The molecule has 0 aliphatic carbocycles. The highest BCUT2D eigenvalue weighted by Gasteiger charge is 2.32. The van der Waals surface area contributed by atoms with Gasteiger partial charge < -0.3 is 14.7 Å². The summed E-state index contributed by atoms with van der Waals surface area (Å²) in [4.78, 5) is 16.7. The Morgan fingerprint density at radius 2 is 2.08 bits per heavy atom. The maximum Gasteiger partial charge on any atom is 0.323 e. The number of aromatic nitrogens is 4. The molecule has 1 fully saturated rings. The lowest BCUT2D eigenvalue weighted by Gasteiger charge is -2.31. The molecule has 0 unspecified atom stereocenters. The van der Waals surface area contributed by atoms with Gasteiger partial charge in [0.25, 0.3) is 0 Å². The number of hydrogen-bond donors (Lipinski definition) is 2. The fourth-order valence-corrected chi connectivity index (χ4v) is 4.42. The first-order valence-corrected chi connectivity index (χ1v) is 9.20. The number of imidazole rings is 1. The fourth-order valence-electron chi connectivity index (χ4n) is 2.97. The Morgan fingerprint density at radius 3 is 2.84 bits per heavy atom. The Kier molecular flexibility index (Phi) is 3.74. The van der Waals surface area contributed by atoms with Crippen LogP contribution in [0.5, 0.6) is 0 Å². The van der Waals surface area contributed by atoms with E-state index in [-0.39, 0.29) is 29.8 Å². The van der Waals surface area contributed by atoms with Crippen LogP contribution in [0.15, 0.2) is 40.3 Å². The molecule has 0 bridgehead atoms. The second-order valence-corrected chi connectivity index (χ2v) is 7.89. The molecule has 0 saturated carbocycles. The predicted molar refractivity (Wildman–Crippen MR) is 89.6 cm³/mol. The molecule has 10 heteroatoms. The second kappa shape index (κ2) is 5.83. The van der Waals surface area contributed by atoms with Crippen molar-refractivity contribution in [2.45, 2.75) is 11.0 Å². The van der Waals surface area contributed by atoms with Crippen LogP contribution in [0.1, 0.15) is 11.7 Å². The molecule has 3 aromatic rings. The van der Waals surface area contributed by atoms with E-state index in [1.165, 1.54) is 16.4 Å². The number of benzene rings is 1. The Balaban J connectivity index is 1.64. The Morgan fingerprint density at radius 1 is 1.28 bits per heavy atom. The third kappa shape index (κ3) is 2.88. The number of fused-ring (bicyclic) bond motifs is 1. The van der Waals surface area contributed by atoms with Crippen molar-refractivity contribution in [3.05, 3.63) is 46.6 Å². The number of H-pyrrole nitrogens is 2. The third-order valence-corrected chi connectivity index (χ3v) is 6.11. The van der Waals surface area contributed by atoms with Crippen molar-refractivity contribution in [1.29, 1.82) is 0 Å². The van der Waals surface area contributed by atoms with Gasteiger partial charge in [0.15, 0.2) is 0 Å². The number of ether oxygens (including phenoxy) is 1. The van der Waals surface area contributed by atoms with Gasteiger partial charge in [-0.25, -0.2) is 13.2 Å². The number of nitrogens with one attached hydrogen (secondary N) is 2. The van der Waals surface area contributed by atoms with Gasteiger partial charge in [0, 0.05) is 31.9 Å². The van der Waals surface area contributed by atoms with E-state index in [0.717, 1.165) is 5.56 Å². The molecule has 1 atom stereocenters. The lowest BCUT2D eigenvalue weighted by atomic mass is 10.2. The zero-order chi connectivity index (χ0) is 17.6. The molecule has 1 aromatic carbocycles.